The summed E-state index contributed by atoms with van der Waals surface area (Å²) in [6.07, 6.45) is 1.32. The number of rotatable bonds is 1. The lowest BCUT2D eigenvalue weighted by Gasteiger charge is -2.18. The van der Waals surface area contributed by atoms with Crippen molar-refractivity contribution in [2.45, 2.75) is 32.0 Å². The van der Waals surface area contributed by atoms with E-state index in [1.807, 2.05) is 0 Å². The van der Waals surface area contributed by atoms with E-state index >= 15 is 0 Å². The van der Waals surface area contributed by atoms with Gasteiger partial charge in [-0.25, -0.2) is 4.79 Å². The van der Waals surface area contributed by atoms with Crippen molar-refractivity contribution in [2.24, 2.45) is 0 Å². The van der Waals surface area contributed by atoms with E-state index < -0.39 is 11.6 Å². The van der Waals surface area contributed by atoms with Gasteiger partial charge in [0.1, 0.15) is 17.5 Å². The van der Waals surface area contributed by atoms with Crippen molar-refractivity contribution < 1.29 is 19.4 Å². The Morgan fingerprint density at radius 1 is 1.85 bits per heavy atom. The minimum absolute atomic E-state index is 0.289. The number of esters is 1. The van der Waals surface area contributed by atoms with Crippen LogP contribution < -0.4 is 0 Å². The molecule has 1 saturated heterocycles. The van der Waals surface area contributed by atoms with Gasteiger partial charge in [-0.2, -0.15) is 0 Å². The molecule has 0 radical (unpaired) electrons. The molecular formula is C9H14O4. The number of methoxy groups -OCH3 is 1. The van der Waals surface area contributed by atoms with Gasteiger partial charge in [-0.15, -0.1) is 0 Å². The third-order valence-electron chi connectivity index (χ3n) is 2.22. The summed E-state index contributed by atoms with van der Waals surface area (Å²) >= 11 is 0. The molecule has 13 heavy (non-hydrogen) atoms. The summed E-state index contributed by atoms with van der Waals surface area (Å²) in [5.74, 6) is 0.0178. The minimum atomic E-state index is -0.889. The molecule has 1 N–H and O–H groups in total. The van der Waals surface area contributed by atoms with Gasteiger partial charge in [0.15, 0.2) is 0 Å². The lowest BCUT2D eigenvalue weighted by atomic mass is 9.99. The van der Waals surface area contributed by atoms with Crippen LogP contribution in [0.4, 0.5) is 0 Å². The van der Waals surface area contributed by atoms with Crippen molar-refractivity contribution in [3.8, 4) is 0 Å². The Labute approximate surface area is 77.1 Å². The Hall–Kier alpha value is -1.03. The molecular weight excluding hydrogens is 172 g/mol. The maximum Gasteiger partial charge on any atom is 0.333 e. The quantitative estimate of drug-likeness (QED) is 0.481. The molecule has 0 spiro atoms. The van der Waals surface area contributed by atoms with Crippen molar-refractivity contribution in [3.05, 3.63) is 11.8 Å². The van der Waals surface area contributed by atoms with E-state index in [1.54, 1.807) is 13.8 Å². The molecule has 1 rings (SSSR count). The molecule has 0 aliphatic carbocycles. The largest absolute Gasteiger partial charge is 0.492 e. The maximum atomic E-state index is 10.8. The summed E-state index contributed by atoms with van der Waals surface area (Å²) in [6, 6.07) is 0. The highest BCUT2D eigenvalue weighted by Gasteiger charge is 2.38. The van der Waals surface area contributed by atoms with Crippen LogP contribution in [-0.2, 0) is 14.3 Å². The van der Waals surface area contributed by atoms with Crippen LogP contribution in [0, 0.1) is 0 Å². The number of aliphatic hydroxyl groups is 1. The van der Waals surface area contributed by atoms with Crippen LogP contribution in [0.5, 0.6) is 0 Å². The predicted octanol–water partition coefficient (Wildman–Crippen LogP) is 0.603. The first-order valence-corrected chi connectivity index (χ1v) is 4.13. The number of carbonyl (C=O) groups is 1. The summed E-state index contributed by atoms with van der Waals surface area (Å²) in [5.41, 5.74) is -0.889. The summed E-state index contributed by atoms with van der Waals surface area (Å²) in [5, 5.41) is 9.70. The number of hydrogen-bond donors (Lipinski definition) is 1. The zero-order valence-electron chi connectivity index (χ0n) is 8.03. The van der Waals surface area contributed by atoms with Crippen LogP contribution in [0.3, 0.4) is 0 Å². The van der Waals surface area contributed by atoms with Gasteiger partial charge >= 0.3 is 5.97 Å². The van der Waals surface area contributed by atoms with Crippen LogP contribution in [0.1, 0.15) is 20.3 Å². The fourth-order valence-corrected chi connectivity index (χ4v) is 1.17. The van der Waals surface area contributed by atoms with E-state index in [1.165, 1.54) is 13.2 Å². The van der Waals surface area contributed by atoms with Gasteiger partial charge in [-0.3, -0.25) is 0 Å². The van der Waals surface area contributed by atoms with Gasteiger partial charge in [-0.05, 0) is 13.8 Å². The normalized spacial score (nSPS) is 36.0. The topological polar surface area (TPSA) is 55.8 Å². The average Bonchev–Trinajstić information content (AvgIpc) is 2.25. The van der Waals surface area contributed by atoms with Gasteiger partial charge in [0, 0.05) is 6.42 Å². The summed E-state index contributed by atoms with van der Waals surface area (Å²) in [4.78, 5) is 10.8. The second-order valence-corrected chi connectivity index (χ2v) is 3.43. The molecule has 4 nitrogen and oxygen atoms in total. The zero-order chi connectivity index (χ0) is 10.1. The molecule has 1 aliphatic heterocycles. The van der Waals surface area contributed by atoms with Crippen LogP contribution >= 0.6 is 0 Å². The Balaban J connectivity index is 2.68. The Morgan fingerprint density at radius 3 is 2.85 bits per heavy atom. The Morgan fingerprint density at radius 2 is 2.46 bits per heavy atom. The number of ether oxygens (including phenoxy) is 2. The maximum absolute atomic E-state index is 10.8. The fraction of sp³-hybridized carbons (Fsp3) is 0.667. The van der Waals surface area contributed by atoms with Gasteiger partial charge in [0.2, 0.25) is 0 Å². The second kappa shape index (κ2) is 3.38. The van der Waals surface area contributed by atoms with Gasteiger partial charge in [0.25, 0.3) is 0 Å². The molecule has 0 aromatic rings. The SMILES string of the molecule is COC(=O)/C=C1/CC(C)(O)[C@@H](C)O1. The Bertz CT molecular complexity index is 242. The molecule has 0 saturated carbocycles. The summed E-state index contributed by atoms with van der Waals surface area (Å²) in [6.45, 7) is 3.44. The van der Waals surface area contributed by atoms with Crippen LogP contribution in [0.2, 0.25) is 0 Å². The molecule has 0 aromatic carbocycles. The third kappa shape index (κ3) is 2.21. The monoisotopic (exact) mass is 186 g/mol. The standard InChI is InChI=1S/C9H14O4/c1-6-9(2,11)5-7(13-6)4-8(10)12-3/h4,6,11H,5H2,1-3H3/b7-4-/t6-,9?/m1/s1. The van der Waals surface area contributed by atoms with Crippen molar-refractivity contribution in [1.29, 1.82) is 0 Å². The van der Waals surface area contributed by atoms with Gasteiger partial charge < -0.3 is 14.6 Å². The highest BCUT2D eigenvalue weighted by atomic mass is 16.5. The molecule has 1 fully saturated rings. The van der Waals surface area contributed by atoms with E-state index in [9.17, 15) is 9.90 Å². The first-order valence-electron chi connectivity index (χ1n) is 4.13. The number of carbonyl (C=O) groups excluding carboxylic acids is 1. The summed E-state index contributed by atoms with van der Waals surface area (Å²) < 4.78 is 9.70. The van der Waals surface area contributed by atoms with Crippen molar-refractivity contribution in [2.75, 3.05) is 7.11 Å². The van der Waals surface area contributed by atoms with Crippen LogP contribution in [-0.4, -0.2) is 29.9 Å². The molecule has 1 aliphatic rings. The third-order valence-corrected chi connectivity index (χ3v) is 2.22. The van der Waals surface area contributed by atoms with Crippen molar-refractivity contribution >= 4 is 5.97 Å². The average molecular weight is 186 g/mol. The van der Waals surface area contributed by atoms with Gasteiger partial charge in [0.05, 0.1) is 13.2 Å². The number of hydrogen-bond acceptors (Lipinski definition) is 4. The minimum Gasteiger partial charge on any atom is -0.492 e. The van der Waals surface area contributed by atoms with Crippen LogP contribution in [0.25, 0.3) is 0 Å². The smallest absolute Gasteiger partial charge is 0.333 e. The first-order chi connectivity index (χ1) is 5.95. The van der Waals surface area contributed by atoms with Crippen LogP contribution in [0.15, 0.2) is 11.8 Å². The molecule has 0 amide bonds. The van der Waals surface area contributed by atoms with Crippen molar-refractivity contribution in [3.63, 3.8) is 0 Å². The van der Waals surface area contributed by atoms with Gasteiger partial charge in [-0.1, -0.05) is 0 Å². The predicted molar refractivity (Wildman–Crippen MR) is 45.9 cm³/mol. The molecule has 0 bridgehead atoms. The van der Waals surface area contributed by atoms with E-state index in [0.29, 0.717) is 12.2 Å². The molecule has 1 unspecified atom stereocenters. The molecule has 1 heterocycles. The van der Waals surface area contributed by atoms with E-state index in [2.05, 4.69) is 4.74 Å². The highest BCUT2D eigenvalue weighted by molar-refractivity contribution is 5.82. The van der Waals surface area contributed by atoms with E-state index in [-0.39, 0.29) is 6.10 Å². The van der Waals surface area contributed by atoms with Crippen molar-refractivity contribution in [1.82, 2.24) is 0 Å². The Kier molecular flexibility index (Phi) is 2.61. The lowest BCUT2D eigenvalue weighted by Crippen LogP contribution is -2.31. The fourth-order valence-electron chi connectivity index (χ4n) is 1.17. The zero-order valence-corrected chi connectivity index (χ0v) is 8.03. The van der Waals surface area contributed by atoms with E-state index in [4.69, 9.17) is 4.74 Å². The second-order valence-electron chi connectivity index (χ2n) is 3.43. The lowest BCUT2D eigenvalue weighted by molar-refractivity contribution is -0.135. The van der Waals surface area contributed by atoms with E-state index in [0.717, 1.165) is 0 Å². The summed E-state index contributed by atoms with van der Waals surface area (Å²) in [7, 11) is 1.30. The molecule has 0 aromatic heterocycles. The first kappa shape index (κ1) is 10.1. The molecule has 74 valence electrons. The highest BCUT2D eigenvalue weighted by Crippen LogP contribution is 2.32. The molecule has 2 atom stereocenters. The molecule has 4 heteroatoms.